The minimum absolute atomic E-state index is 0.167. The fourth-order valence-corrected chi connectivity index (χ4v) is 2.25. The maximum Gasteiger partial charge on any atom is 0.142 e. The van der Waals surface area contributed by atoms with Crippen LogP contribution in [0.25, 0.3) is 0 Å². The highest BCUT2D eigenvalue weighted by molar-refractivity contribution is 5.79. The number of anilines is 1. The van der Waals surface area contributed by atoms with Gasteiger partial charge in [-0.15, -0.1) is 0 Å². The third kappa shape index (κ3) is 3.49. The van der Waals surface area contributed by atoms with E-state index in [1.807, 2.05) is 38.1 Å². The van der Waals surface area contributed by atoms with Crippen LogP contribution in [0, 0.1) is 0 Å². The summed E-state index contributed by atoms with van der Waals surface area (Å²) in [6.45, 7) is 4.05. The summed E-state index contributed by atoms with van der Waals surface area (Å²) < 4.78 is 5.78. The molecule has 0 amide bonds. The highest BCUT2D eigenvalue weighted by Gasteiger charge is 2.19. The zero-order valence-corrected chi connectivity index (χ0v) is 11.1. The van der Waals surface area contributed by atoms with Crippen molar-refractivity contribution >= 4 is 11.5 Å². The minimum atomic E-state index is 0.167. The van der Waals surface area contributed by atoms with Crippen molar-refractivity contribution in [1.29, 1.82) is 0 Å². The summed E-state index contributed by atoms with van der Waals surface area (Å²) in [5.74, 6) is 1.28. The van der Waals surface area contributed by atoms with Crippen LogP contribution in [0.1, 0.15) is 39.5 Å². The summed E-state index contributed by atoms with van der Waals surface area (Å²) in [6.07, 6.45) is 3.42. The van der Waals surface area contributed by atoms with Gasteiger partial charge in [0.2, 0.25) is 0 Å². The van der Waals surface area contributed by atoms with E-state index in [-0.39, 0.29) is 6.10 Å². The molecular formula is C15H21NO2. The molecule has 0 bridgehead atoms. The highest BCUT2D eigenvalue weighted by atomic mass is 16.5. The van der Waals surface area contributed by atoms with Crippen molar-refractivity contribution in [2.45, 2.75) is 51.7 Å². The third-order valence-electron chi connectivity index (χ3n) is 3.15. The number of ketones is 1. The SMILES string of the molecule is CC(C)Oc1ccccc1NC1CCC(=O)CC1. The standard InChI is InChI=1S/C15H21NO2/c1-11(2)18-15-6-4-3-5-14(15)16-12-7-9-13(17)10-8-12/h3-6,11-12,16H,7-10H2,1-2H3. The Morgan fingerprint density at radius 2 is 1.89 bits per heavy atom. The maximum atomic E-state index is 11.2. The second-order valence-electron chi connectivity index (χ2n) is 5.12. The second-order valence-corrected chi connectivity index (χ2v) is 5.12. The van der Waals surface area contributed by atoms with Crippen LogP contribution in [0.5, 0.6) is 5.75 Å². The van der Waals surface area contributed by atoms with Gasteiger partial charge in [0.1, 0.15) is 11.5 Å². The first-order valence-electron chi connectivity index (χ1n) is 6.69. The van der Waals surface area contributed by atoms with Crippen LogP contribution in [-0.2, 0) is 4.79 Å². The molecule has 1 aliphatic rings. The monoisotopic (exact) mass is 247 g/mol. The Kier molecular flexibility index (Phi) is 4.24. The molecular weight excluding hydrogens is 226 g/mol. The molecule has 18 heavy (non-hydrogen) atoms. The van der Waals surface area contributed by atoms with Crippen molar-refractivity contribution in [3.63, 3.8) is 0 Å². The van der Waals surface area contributed by atoms with Gasteiger partial charge in [-0.25, -0.2) is 0 Å². The number of carbonyl (C=O) groups is 1. The van der Waals surface area contributed by atoms with E-state index in [2.05, 4.69) is 5.32 Å². The van der Waals surface area contributed by atoms with Gasteiger partial charge in [-0.2, -0.15) is 0 Å². The summed E-state index contributed by atoms with van der Waals surface area (Å²) in [6, 6.07) is 8.39. The van der Waals surface area contributed by atoms with Crippen LogP contribution in [0.15, 0.2) is 24.3 Å². The number of hydrogen-bond donors (Lipinski definition) is 1. The Morgan fingerprint density at radius 3 is 2.56 bits per heavy atom. The zero-order valence-electron chi connectivity index (χ0n) is 11.1. The maximum absolute atomic E-state index is 11.2. The average molecular weight is 247 g/mol. The summed E-state index contributed by atoms with van der Waals surface area (Å²) in [7, 11) is 0. The molecule has 1 aromatic rings. The summed E-state index contributed by atoms with van der Waals surface area (Å²) in [4.78, 5) is 11.2. The molecule has 0 heterocycles. The van der Waals surface area contributed by atoms with E-state index in [0.29, 0.717) is 24.7 Å². The fraction of sp³-hybridized carbons (Fsp3) is 0.533. The predicted octanol–water partition coefficient (Wildman–Crippen LogP) is 3.40. The van der Waals surface area contributed by atoms with Gasteiger partial charge in [-0.3, -0.25) is 4.79 Å². The van der Waals surface area contributed by atoms with Gasteiger partial charge in [0.25, 0.3) is 0 Å². The lowest BCUT2D eigenvalue weighted by Gasteiger charge is -2.25. The van der Waals surface area contributed by atoms with Crippen molar-refractivity contribution in [2.24, 2.45) is 0 Å². The molecule has 98 valence electrons. The molecule has 1 aliphatic carbocycles. The number of rotatable bonds is 4. The van der Waals surface area contributed by atoms with E-state index in [1.165, 1.54) is 0 Å². The van der Waals surface area contributed by atoms with E-state index in [9.17, 15) is 4.79 Å². The summed E-state index contributed by atoms with van der Waals surface area (Å²) in [5.41, 5.74) is 1.03. The molecule has 0 radical (unpaired) electrons. The first-order valence-corrected chi connectivity index (χ1v) is 6.69. The predicted molar refractivity (Wildman–Crippen MR) is 73.1 cm³/mol. The fourth-order valence-electron chi connectivity index (χ4n) is 2.25. The van der Waals surface area contributed by atoms with Gasteiger partial charge >= 0.3 is 0 Å². The van der Waals surface area contributed by atoms with Gasteiger partial charge < -0.3 is 10.1 Å². The Morgan fingerprint density at radius 1 is 1.22 bits per heavy atom. The third-order valence-corrected chi connectivity index (χ3v) is 3.15. The summed E-state index contributed by atoms with van der Waals surface area (Å²) in [5, 5.41) is 3.50. The number of hydrogen-bond acceptors (Lipinski definition) is 3. The van der Waals surface area contributed by atoms with Gasteiger partial charge in [0.05, 0.1) is 11.8 Å². The van der Waals surface area contributed by atoms with Gasteiger partial charge in [-0.1, -0.05) is 12.1 Å². The van der Waals surface area contributed by atoms with Crippen LogP contribution in [0.2, 0.25) is 0 Å². The van der Waals surface area contributed by atoms with Gasteiger partial charge in [0, 0.05) is 18.9 Å². The average Bonchev–Trinajstić information content (AvgIpc) is 2.34. The zero-order chi connectivity index (χ0) is 13.0. The van der Waals surface area contributed by atoms with Crippen LogP contribution >= 0.6 is 0 Å². The molecule has 0 aliphatic heterocycles. The topological polar surface area (TPSA) is 38.3 Å². The van der Waals surface area contributed by atoms with Crippen LogP contribution < -0.4 is 10.1 Å². The molecule has 0 unspecified atom stereocenters. The van der Waals surface area contributed by atoms with E-state index < -0.39 is 0 Å². The number of benzene rings is 1. The minimum Gasteiger partial charge on any atom is -0.489 e. The molecule has 0 saturated heterocycles. The number of carbonyl (C=O) groups excluding carboxylic acids is 1. The molecule has 0 atom stereocenters. The molecule has 1 aromatic carbocycles. The highest BCUT2D eigenvalue weighted by Crippen LogP contribution is 2.28. The van der Waals surface area contributed by atoms with E-state index in [4.69, 9.17) is 4.74 Å². The van der Waals surface area contributed by atoms with Crippen LogP contribution in [-0.4, -0.2) is 17.9 Å². The number of Topliss-reactive ketones (excluding diaryl/α,β-unsaturated/α-hetero) is 1. The van der Waals surface area contributed by atoms with Gasteiger partial charge in [-0.05, 0) is 38.8 Å². The molecule has 0 spiro atoms. The Bertz CT molecular complexity index is 405. The number of ether oxygens (including phenoxy) is 1. The molecule has 0 aromatic heterocycles. The van der Waals surface area contributed by atoms with Crippen molar-refractivity contribution < 1.29 is 9.53 Å². The van der Waals surface area contributed by atoms with Crippen molar-refractivity contribution in [3.8, 4) is 5.75 Å². The Balaban J connectivity index is 2.02. The molecule has 1 N–H and O–H groups in total. The quantitative estimate of drug-likeness (QED) is 0.886. The Hall–Kier alpha value is -1.51. The largest absolute Gasteiger partial charge is 0.489 e. The Labute approximate surface area is 109 Å². The van der Waals surface area contributed by atoms with Crippen LogP contribution in [0.3, 0.4) is 0 Å². The molecule has 3 heteroatoms. The lowest BCUT2D eigenvalue weighted by Crippen LogP contribution is -2.26. The second kappa shape index (κ2) is 5.89. The molecule has 2 rings (SSSR count). The van der Waals surface area contributed by atoms with E-state index in [0.717, 1.165) is 24.3 Å². The molecule has 1 fully saturated rings. The summed E-state index contributed by atoms with van der Waals surface area (Å²) >= 11 is 0. The lowest BCUT2D eigenvalue weighted by molar-refractivity contribution is -0.120. The van der Waals surface area contributed by atoms with E-state index in [1.54, 1.807) is 0 Å². The molecule has 1 saturated carbocycles. The van der Waals surface area contributed by atoms with E-state index >= 15 is 0 Å². The normalized spacial score (nSPS) is 16.9. The van der Waals surface area contributed by atoms with Gasteiger partial charge in [0.15, 0.2) is 0 Å². The smallest absolute Gasteiger partial charge is 0.142 e. The molecule has 3 nitrogen and oxygen atoms in total. The first-order chi connectivity index (χ1) is 8.65. The van der Waals surface area contributed by atoms with Crippen molar-refractivity contribution in [1.82, 2.24) is 0 Å². The lowest BCUT2D eigenvalue weighted by atomic mass is 9.94. The number of nitrogens with one attached hydrogen (secondary N) is 1. The number of para-hydroxylation sites is 2. The van der Waals surface area contributed by atoms with Crippen LogP contribution in [0.4, 0.5) is 5.69 Å². The van der Waals surface area contributed by atoms with Crippen molar-refractivity contribution in [3.05, 3.63) is 24.3 Å². The van der Waals surface area contributed by atoms with Crippen molar-refractivity contribution in [2.75, 3.05) is 5.32 Å². The first kappa shape index (κ1) is 12.9.